The van der Waals surface area contributed by atoms with Gasteiger partial charge in [-0.2, -0.15) is 0 Å². The fourth-order valence-electron chi connectivity index (χ4n) is 2.31. The van der Waals surface area contributed by atoms with Gasteiger partial charge in [-0.15, -0.1) is 0 Å². The molecule has 0 atom stereocenters. The monoisotopic (exact) mass is 320 g/mol. The Morgan fingerprint density at radius 1 is 1.43 bits per heavy atom. The van der Waals surface area contributed by atoms with Crippen LogP contribution >= 0.6 is 0 Å². The van der Waals surface area contributed by atoms with Gasteiger partial charge in [0.05, 0.1) is 6.61 Å². The van der Waals surface area contributed by atoms with Crippen LogP contribution in [0.5, 0.6) is 5.75 Å². The summed E-state index contributed by atoms with van der Waals surface area (Å²) < 4.78 is 10.6. The summed E-state index contributed by atoms with van der Waals surface area (Å²) in [6.45, 7) is 6.12. The highest BCUT2D eigenvalue weighted by molar-refractivity contribution is 5.94. The molecule has 126 valence electrons. The summed E-state index contributed by atoms with van der Waals surface area (Å²) in [5.74, 6) is 0.855. The average molecular weight is 320 g/mol. The number of ether oxygens (including phenoxy) is 2. The summed E-state index contributed by atoms with van der Waals surface area (Å²) in [6.07, 6.45) is 0. The van der Waals surface area contributed by atoms with Gasteiger partial charge in [-0.25, -0.2) is 0 Å². The van der Waals surface area contributed by atoms with E-state index in [0.717, 1.165) is 5.56 Å². The molecule has 2 amide bonds. The molecule has 0 aliphatic carbocycles. The van der Waals surface area contributed by atoms with Crippen molar-refractivity contribution in [1.29, 1.82) is 0 Å². The molecule has 6 heteroatoms. The van der Waals surface area contributed by atoms with Crippen molar-refractivity contribution < 1.29 is 19.1 Å². The maximum absolute atomic E-state index is 12.2. The first kappa shape index (κ1) is 17.3. The second-order valence-electron chi connectivity index (χ2n) is 6.02. The molecule has 1 aliphatic heterocycles. The van der Waals surface area contributed by atoms with E-state index in [0.29, 0.717) is 43.5 Å². The van der Waals surface area contributed by atoms with Crippen molar-refractivity contribution in [2.24, 2.45) is 5.92 Å². The molecule has 2 rings (SSSR count). The van der Waals surface area contributed by atoms with Gasteiger partial charge in [0.15, 0.2) is 6.61 Å². The van der Waals surface area contributed by atoms with Gasteiger partial charge in [0.1, 0.15) is 5.75 Å². The van der Waals surface area contributed by atoms with E-state index >= 15 is 0 Å². The second-order valence-corrected chi connectivity index (χ2v) is 6.02. The van der Waals surface area contributed by atoms with E-state index in [4.69, 9.17) is 9.47 Å². The van der Waals surface area contributed by atoms with E-state index in [1.807, 2.05) is 13.8 Å². The molecule has 0 fully saturated rings. The smallest absolute Gasteiger partial charge is 0.260 e. The van der Waals surface area contributed by atoms with Gasteiger partial charge in [0.2, 0.25) is 0 Å². The van der Waals surface area contributed by atoms with E-state index < -0.39 is 0 Å². The van der Waals surface area contributed by atoms with Crippen LogP contribution in [0.3, 0.4) is 0 Å². The number of benzene rings is 1. The van der Waals surface area contributed by atoms with Crippen LogP contribution < -0.4 is 10.1 Å². The first-order valence-corrected chi connectivity index (χ1v) is 7.82. The number of hydrogen-bond donors (Lipinski definition) is 1. The Kier molecular flexibility index (Phi) is 5.98. The Balaban J connectivity index is 2.14. The van der Waals surface area contributed by atoms with Crippen LogP contribution in [0.1, 0.15) is 29.8 Å². The highest BCUT2D eigenvalue weighted by Crippen LogP contribution is 2.24. The SMILES string of the molecule is COCCN1Cc2cc(C(=O)NCC(C)C)ccc2OCC1=O. The van der Waals surface area contributed by atoms with Crippen molar-refractivity contribution in [2.75, 3.05) is 33.4 Å². The molecule has 1 N–H and O–H groups in total. The Morgan fingerprint density at radius 3 is 2.91 bits per heavy atom. The molecule has 0 unspecified atom stereocenters. The van der Waals surface area contributed by atoms with E-state index in [-0.39, 0.29) is 18.4 Å². The van der Waals surface area contributed by atoms with Crippen molar-refractivity contribution in [1.82, 2.24) is 10.2 Å². The number of carbonyl (C=O) groups is 2. The zero-order valence-corrected chi connectivity index (χ0v) is 13.9. The molecule has 0 bridgehead atoms. The van der Waals surface area contributed by atoms with Gasteiger partial charge < -0.3 is 19.7 Å². The third kappa shape index (κ3) is 4.69. The average Bonchev–Trinajstić information content (AvgIpc) is 2.69. The van der Waals surface area contributed by atoms with E-state index in [2.05, 4.69) is 5.32 Å². The largest absolute Gasteiger partial charge is 0.483 e. The molecule has 0 radical (unpaired) electrons. The van der Waals surface area contributed by atoms with E-state index in [9.17, 15) is 9.59 Å². The maximum Gasteiger partial charge on any atom is 0.260 e. The quantitative estimate of drug-likeness (QED) is 0.861. The Labute approximate surface area is 136 Å². The van der Waals surface area contributed by atoms with Gasteiger partial charge in [0.25, 0.3) is 11.8 Å². The minimum Gasteiger partial charge on any atom is -0.483 e. The Hall–Kier alpha value is -2.08. The summed E-state index contributed by atoms with van der Waals surface area (Å²) in [6, 6.07) is 5.28. The van der Waals surface area contributed by atoms with Gasteiger partial charge in [-0.05, 0) is 24.1 Å². The number of carbonyl (C=O) groups excluding carboxylic acids is 2. The molecule has 0 saturated carbocycles. The maximum atomic E-state index is 12.2. The summed E-state index contributed by atoms with van der Waals surface area (Å²) in [4.78, 5) is 25.9. The van der Waals surface area contributed by atoms with Crippen LogP contribution in [-0.4, -0.2) is 50.1 Å². The van der Waals surface area contributed by atoms with Gasteiger partial charge in [-0.3, -0.25) is 9.59 Å². The first-order valence-electron chi connectivity index (χ1n) is 7.82. The van der Waals surface area contributed by atoms with Gasteiger partial charge in [-0.1, -0.05) is 13.8 Å². The molecule has 1 heterocycles. The Morgan fingerprint density at radius 2 is 2.22 bits per heavy atom. The zero-order valence-electron chi connectivity index (χ0n) is 13.9. The fraction of sp³-hybridized carbons (Fsp3) is 0.529. The normalized spacial score (nSPS) is 14.3. The second kappa shape index (κ2) is 7.97. The summed E-state index contributed by atoms with van der Waals surface area (Å²) in [5.41, 5.74) is 1.41. The molecule has 23 heavy (non-hydrogen) atoms. The lowest BCUT2D eigenvalue weighted by atomic mass is 10.1. The van der Waals surface area contributed by atoms with Crippen LogP contribution in [-0.2, 0) is 16.1 Å². The number of hydrogen-bond acceptors (Lipinski definition) is 4. The highest BCUT2D eigenvalue weighted by atomic mass is 16.5. The zero-order chi connectivity index (χ0) is 16.8. The predicted molar refractivity (Wildman–Crippen MR) is 86.4 cm³/mol. The van der Waals surface area contributed by atoms with Crippen molar-refractivity contribution in [2.45, 2.75) is 20.4 Å². The third-order valence-corrected chi connectivity index (χ3v) is 3.62. The summed E-state index contributed by atoms with van der Waals surface area (Å²) >= 11 is 0. The van der Waals surface area contributed by atoms with Crippen molar-refractivity contribution in [3.63, 3.8) is 0 Å². The fourth-order valence-corrected chi connectivity index (χ4v) is 2.31. The van der Waals surface area contributed by atoms with Crippen molar-refractivity contribution >= 4 is 11.8 Å². The topological polar surface area (TPSA) is 67.9 Å². The lowest BCUT2D eigenvalue weighted by molar-refractivity contribution is -0.133. The molecule has 0 aromatic heterocycles. The van der Waals surface area contributed by atoms with Gasteiger partial charge in [0, 0.05) is 37.9 Å². The van der Waals surface area contributed by atoms with Crippen molar-refractivity contribution in [3.8, 4) is 5.75 Å². The number of nitrogens with one attached hydrogen (secondary N) is 1. The molecule has 1 aromatic rings. The minimum absolute atomic E-state index is 0.00953. The van der Waals surface area contributed by atoms with Crippen LogP contribution in [0, 0.1) is 5.92 Å². The molecule has 6 nitrogen and oxygen atoms in total. The number of methoxy groups -OCH3 is 1. The van der Waals surface area contributed by atoms with Crippen LogP contribution in [0.15, 0.2) is 18.2 Å². The van der Waals surface area contributed by atoms with E-state index in [1.54, 1.807) is 30.2 Å². The summed E-state index contributed by atoms with van der Waals surface area (Å²) in [5, 5.41) is 2.89. The molecular weight excluding hydrogens is 296 g/mol. The molecular formula is C17H24N2O4. The molecule has 1 aromatic carbocycles. The molecule has 1 aliphatic rings. The number of rotatable bonds is 6. The third-order valence-electron chi connectivity index (χ3n) is 3.62. The van der Waals surface area contributed by atoms with Crippen LogP contribution in [0.25, 0.3) is 0 Å². The number of amides is 2. The van der Waals surface area contributed by atoms with Crippen LogP contribution in [0.4, 0.5) is 0 Å². The lowest BCUT2D eigenvalue weighted by Crippen LogP contribution is -2.35. The number of nitrogens with zero attached hydrogens (tertiary/aromatic N) is 1. The first-order chi connectivity index (χ1) is 11.0. The van der Waals surface area contributed by atoms with Crippen molar-refractivity contribution in [3.05, 3.63) is 29.3 Å². The molecule has 0 saturated heterocycles. The van der Waals surface area contributed by atoms with E-state index in [1.165, 1.54) is 0 Å². The predicted octanol–water partition coefficient (Wildman–Crippen LogP) is 1.44. The minimum atomic E-state index is -0.111. The lowest BCUT2D eigenvalue weighted by Gasteiger charge is -2.19. The molecule has 0 spiro atoms. The highest BCUT2D eigenvalue weighted by Gasteiger charge is 2.22. The standard InChI is InChI=1S/C17H24N2O4/c1-12(2)9-18-17(21)13-4-5-15-14(8-13)10-19(6-7-22-3)16(20)11-23-15/h4-5,8,12H,6-7,9-11H2,1-3H3,(H,18,21). The summed E-state index contributed by atoms with van der Waals surface area (Å²) in [7, 11) is 1.60. The Bertz CT molecular complexity index is 572. The van der Waals surface area contributed by atoms with Crippen LogP contribution in [0.2, 0.25) is 0 Å². The van der Waals surface area contributed by atoms with Gasteiger partial charge >= 0.3 is 0 Å². The number of fused-ring (bicyclic) bond motifs is 1.